The zero-order chi connectivity index (χ0) is 14.5. The highest BCUT2D eigenvalue weighted by Crippen LogP contribution is 2.24. The first-order valence-electron chi connectivity index (χ1n) is 6.74. The predicted octanol–water partition coefficient (Wildman–Crippen LogP) is 1.52. The molecule has 106 valence electrons. The van der Waals surface area contributed by atoms with Gasteiger partial charge in [-0.25, -0.2) is 0 Å². The molecule has 0 radical (unpaired) electrons. The van der Waals surface area contributed by atoms with Crippen molar-refractivity contribution in [2.75, 3.05) is 27.2 Å². The number of carbonyl (C=O) groups is 1. The molecule has 20 heavy (non-hydrogen) atoms. The molecule has 4 nitrogen and oxygen atoms in total. The molecule has 1 amide bonds. The Morgan fingerprint density at radius 3 is 2.60 bits per heavy atom. The number of fused-ring (bicyclic) bond motifs is 1. The van der Waals surface area contributed by atoms with Gasteiger partial charge in [0.15, 0.2) is 0 Å². The number of hydrogen-bond donors (Lipinski definition) is 2. The maximum atomic E-state index is 11.8. The molecule has 0 aliphatic rings. The van der Waals surface area contributed by atoms with Crippen molar-refractivity contribution in [2.45, 2.75) is 6.04 Å². The minimum atomic E-state index is -0.457. The lowest BCUT2D eigenvalue weighted by atomic mass is 9.98. The first kappa shape index (κ1) is 14.5. The third-order valence-corrected chi connectivity index (χ3v) is 3.33. The second-order valence-electron chi connectivity index (χ2n) is 5.16. The summed E-state index contributed by atoms with van der Waals surface area (Å²) in [5.74, 6) is -0.347. The van der Waals surface area contributed by atoms with Gasteiger partial charge in [-0.2, -0.15) is 0 Å². The number of rotatable bonds is 6. The number of nitrogens with one attached hydrogen (secondary N) is 1. The van der Waals surface area contributed by atoms with Gasteiger partial charge in [0.2, 0.25) is 5.91 Å². The van der Waals surface area contributed by atoms with E-state index in [9.17, 15) is 4.79 Å². The molecular formula is C16H21N3O. The summed E-state index contributed by atoms with van der Waals surface area (Å²) >= 11 is 0. The predicted molar refractivity (Wildman–Crippen MR) is 82.4 cm³/mol. The van der Waals surface area contributed by atoms with Crippen LogP contribution in [0.1, 0.15) is 11.6 Å². The third kappa shape index (κ3) is 3.35. The summed E-state index contributed by atoms with van der Waals surface area (Å²) in [5, 5.41) is 5.42. The van der Waals surface area contributed by atoms with Gasteiger partial charge < -0.3 is 16.0 Å². The van der Waals surface area contributed by atoms with Gasteiger partial charge >= 0.3 is 0 Å². The van der Waals surface area contributed by atoms with Crippen molar-refractivity contribution in [3.8, 4) is 0 Å². The van der Waals surface area contributed by atoms with Gasteiger partial charge in [-0.3, -0.25) is 4.79 Å². The minimum absolute atomic E-state index is 0.347. The van der Waals surface area contributed by atoms with Crippen LogP contribution in [0.25, 0.3) is 10.8 Å². The molecule has 0 saturated carbocycles. The highest BCUT2D eigenvalue weighted by Gasteiger charge is 2.19. The Kier molecular flexibility index (Phi) is 4.71. The Hall–Kier alpha value is -1.91. The summed E-state index contributed by atoms with van der Waals surface area (Å²) in [6.07, 6.45) is 0. The number of primary amides is 1. The van der Waals surface area contributed by atoms with Crippen LogP contribution in [0.5, 0.6) is 0 Å². The van der Waals surface area contributed by atoms with Crippen LogP contribution in [0.15, 0.2) is 42.5 Å². The van der Waals surface area contributed by atoms with E-state index in [2.05, 4.69) is 10.2 Å². The van der Waals surface area contributed by atoms with E-state index < -0.39 is 6.04 Å². The van der Waals surface area contributed by atoms with Crippen LogP contribution in [0, 0.1) is 0 Å². The monoisotopic (exact) mass is 271 g/mol. The molecule has 0 saturated heterocycles. The minimum Gasteiger partial charge on any atom is -0.368 e. The molecule has 2 aromatic rings. The highest BCUT2D eigenvalue weighted by molar-refractivity contribution is 5.92. The smallest absolute Gasteiger partial charge is 0.239 e. The van der Waals surface area contributed by atoms with Gasteiger partial charge in [0.25, 0.3) is 0 Å². The molecule has 0 heterocycles. The van der Waals surface area contributed by atoms with E-state index in [1.807, 2.05) is 56.6 Å². The zero-order valence-electron chi connectivity index (χ0n) is 12.0. The molecule has 4 heteroatoms. The summed E-state index contributed by atoms with van der Waals surface area (Å²) in [5.41, 5.74) is 6.50. The summed E-state index contributed by atoms with van der Waals surface area (Å²) in [6, 6.07) is 13.5. The van der Waals surface area contributed by atoms with E-state index in [0.717, 1.165) is 22.9 Å². The van der Waals surface area contributed by atoms with E-state index in [4.69, 9.17) is 5.73 Å². The number of likely N-dealkylation sites (N-methyl/N-ethyl adjacent to an activating group) is 1. The Morgan fingerprint density at radius 2 is 1.90 bits per heavy atom. The standard InChI is InChI=1S/C16H21N3O/c1-19(2)11-10-18-15(16(17)20)14-9-5-7-12-6-3-4-8-13(12)14/h3-9,15,18H,10-11H2,1-2H3,(H2,17,20). The fourth-order valence-electron chi connectivity index (χ4n) is 2.30. The van der Waals surface area contributed by atoms with Crippen molar-refractivity contribution >= 4 is 16.7 Å². The van der Waals surface area contributed by atoms with E-state index in [-0.39, 0.29) is 5.91 Å². The van der Waals surface area contributed by atoms with Crippen LogP contribution in [-0.2, 0) is 4.79 Å². The number of nitrogens with zero attached hydrogens (tertiary/aromatic N) is 1. The number of hydrogen-bond acceptors (Lipinski definition) is 3. The van der Waals surface area contributed by atoms with Gasteiger partial charge in [-0.1, -0.05) is 42.5 Å². The van der Waals surface area contributed by atoms with Crippen molar-refractivity contribution < 1.29 is 4.79 Å². The summed E-state index contributed by atoms with van der Waals surface area (Å²) in [7, 11) is 4.00. The molecule has 2 aromatic carbocycles. The number of carbonyl (C=O) groups excluding carboxylic acids is 1. The molecule has 0 aliphatic carbocycles. The fourth-order valence-corrected chi connectivity index (χ4v) is 2.30. The first-order chi connectivity index (χ1) is 9.59. The Labute approximate surface area is 119 Å². The quantitative estimate of drug-likeness (QED) is 0.837. The average Bonchev–Trinajstić information content (AvgIpc) is 2.42. The molecular weight excluding hydrogens is 250 g/mol. The molecule has 0 spiro atoms. The van der Waals surface area contributed by atoms with Crippen molar-refractivity contribution in [3.63, 3.8) is 0 Å². The first-order valence-corrected chi connectivity index (χ1v) is 6.74. The Balaban J connectivity index is 2.29. The van der Waals surface area contributed by atoms with Gasteiger partial charge in [-0.05, 0) is 30.4 Å². The van der Waals surface area contributed by atoms with Crippen LogP contribution in [0.2, 0.25) is 0 Å². The number of benzene rings is 2. The summed E-state index contributed by atoms with van der Waals surface area (Å²) in [4.78, 5) is 13.8. The SMILES string of the molecule is CN(C)CCNC(C(N)=O)c1cccc2ccccc12. The lowest BCUT2D eigenvalue weighted by Crippen LogP contribution is -2.37. The highest BCUT2D eigenvalue weighted by atomic mass is 16.1. The fraction of sp³-hybridized carbons (Fsp3) is 0.312. The topological polar surface area (TPSA) is 58.4 Å². The molecule has 0 fully saturated rings. The van der Waals surface area contributed by atoms with Crippen molar-refractivity contribution in [2.24, 2.45) is 5.73 Å². The Bertz CT molecular complexity index is 590. The Morgan fingerprint density at radius 1 is 1.20 bits per heavy atom. The average molecular weight is 271 g/mol. The molecule has 1 atom stereocenters. The van der Waals surface area contributed by atoms with Gasteiger partial charge in [0, 0.05) is 13.1 Å². The lowest BCUT2D eigenvalue weighted by Gasteiger charge is -2.19. The number of amides is 1. The normalized spacial score (nSPS) is 12.8. The second-order valence-corrected chi connectivity index (χ2v) is 5.16. The van der Waals surface area contributed by atoms with E-state index in [1.165, 1.54) is 0 Å². The van der Waals surface area contributed by atoms with Gasteiger partial charge in [-0.15, -0.1) is 0 Å². The van der Waals surface area contributed by atoms with Gasteiger partial charge in [0.05, 0.1) is 0 Å². The summed E-state index contributed by atoms with van der Waals surface area (Å²) < 4.78 is 0. The van der Waals surface area contributed by atoms with Crippen LogP contribution in [0.4, 0.5) is 0 Å². The van der Waals surface area contributed by atoms with E-state index in [1.54, 1.807) is 0 Å². The van der Waals surface area contributed by atoms with Gasteiger partial charge in [0.1, 0.15) is 6.04 Å². The summed E-state index contributed by atoms with van der Waals surface area (Å²) in [6.45, 7) is 1.57. The van der Waals surface area contributed by atoms with Crippen LogP contribution >= 0.6 is 0 Å². The maximum absolute atomic E-state index is 11.8. The molecule has 3 N–H and O–H groups in total. The van der Waals surface area contributed by atoms with Crippen molar-refractivity contribution in [1.82, 2.24) is 10.2 Å². The molecule has 0 aromatic heterocycles. The van der Waals surface area contributed by atoms with E-state index in [0.29, 0.717) is 6.54 Å². The zero-order valence-corrected chi connectivity index (χ0v) is 12.0. The van der Waals surface area contributed by atoms with Crippen LogP contribution in [0.3, 0.4) is 0 Å². The second kappa shape index (κ2) is 6.50. The van der Waals surface area contributed by atoms with Crippen molar-refractivity contribution in [3.05, 3.63) is 48.0 Å². The number of nitrogens with two attached hydrogens (primary N) is 1. The lowest BCUT2D eigenvalue weighted by molar-refractivity contribution is -0.120. The maximum Gasteiger partial charge on any atom is 0.239 e. The van der Waals surface area contributed by atoms with Crippen LogP contribution in [-0.4, -0.2) is 38.0 Å². The van der Waals surface area contributed by atoms with E-state index >= 15 is 0 Å². The molecule has 0 bridgehead atoms. The third-order valence-electron chi connectivity index (χ3n) is 3.33. The van der Waals surface area contributed by atoms with Crippen LogP contribution < -0.4 is 11.1 Å². The largest absolute Gasteiger partial charge is 0.368 e. The molecule has 1 unspecified atom stereocenters. The molecule has 0 aliphatic heterocycles. The van der Waals surface area contributed by atoms with Crippen molar-refractivity contribution in [1.29, 1.82) is 0 Å². The molecule has 2 rings (SSSR count).